The van der Waals surface area contributed by atoms with Crippen molar-refractivity contribution >= 4 is 21.7 Å². The van der Waals surface area contributed by atoms with E-state index in [0.29, 0.717) is 5.56 Å². The summed E-state index contributed by atoms with van der Waals surface area (Å²) in [6.45, 7) is 3.77. The average molecular weight is 257 g/mol. The van der Waals surface area contributed by atoms with Gasteiger partial charge in [0.05, 0.1) is 4.83 Å². The van der Waals surface area contributed by atoms with Gasteiger partial charge in [-0.15, -0.1) is 0 Å². The number of hydrogen-bond donors (Lipinski definition) is 1. The number of ketones is 1. The lowest BCUT2D eigenvalue weighted by molar-refractivity contribution is 0.0994. The number of rotatable bonds is 3. The molecule has 0 amide bonds. The maximum Gasteiger partial charge on any atom is 0.176 e. The number of benzene rings is 1. The molecule has 0 aliphatic rings. The Kier molecular flexibility index (Phi) is 3.69. The predicted octanol–water partition coefficient (Wildman–Crippen LogP) is 2.92. The first-order valence-electron chi connectivity index (χ1n) is 4.56. The molecule has 1 atom stereocenters. The molecule has 0 radical (unpaired) electrons. The first-order valence-corrected chi connectivity index (χ1v) is 5.48. The van der Waals surface area contributed by atoms with Gasteiger partial charge in [-0.1, -0.05) is 28.9 Å². The van der Waals surface area contributed by atoms with Crippen molar-refractivity contribution in [2.75, 3.05) is 0 Å². The molecule has 1 aromatic carbocycles. The van der Waals surface area contributed by atoms with E-state index >= 15 is 0 Å². The first-order chi connectivity index (χ1) is 6.56. The van der Waals surface area contributed by atoms with E-state index in [2.05, 4.69) is 15.9 Å². The van der Waals surface area contributed by atoms with E-state index in [9.17, 15) is 9.90 Å². The van der Waals surface area contributed by atoms with Crippen molar-refractivity contribution in [3.63, 3.8) is 0 Å². The lowest BCUT2D eigenvalue weighted by atomic mass is 10.00. The van der Waals surface area contributed by atoms with Crippen molar-refractivity contribution in [2.45, 2.75) is 25.1 Å². The van der Waals surface area contributed by atoms with Crippen LogP contribution >= 0.6 is 15.9 Å². The van der Waals surface area contributed by atoms with Gasteiger partial charge in [-0.05, 0) is 31.0 Å². The minimum absolute atomic E-state index is 0.0118. The molecule has 0 aliphatic heterocycles. The van der Waals surface area contributed by atoms with Gasteiger partial charge in [0, 0.05) is 5.56 Å². The minimum atomic E-state index is -0.213. The molecule has 14 heavy (non-hydrogen) atoms. The summed E-state index contributed by atoms with van der Waals surface area (Å²) < 4.78 is 0. The summed E-state index contributed by atoms with van der Waals surface area (Å²) in [5.74, 6) is 0.149. The highest BCUT2D eigenvalue weighted by atomic mass is 79.9. The zero-order valence-corrected chi connectivity index (χ0v) is 9.84. The van der Waals surface area contributed by atoms with Gasteiger partial charge in [-0.2, -0.15) is 0 Å². The lowest BCUT2D eigenvalue weighted by Crippen LogP contribution is -2.12. The van der Waals surface area contributed by atoms with Crippen LogP contribution < -0.4 is 0 Å². The van der Waals surface area contributed by atoms with E-state index in [0.717, 1.165) is 12.0 Å². The summed E-state index contributed by atoms with van der Waals surface area (Å²) in [5.41, 5.74) is 1.58. The van der Waals surface area contributed by atoms with E-state index in [1.165, 1.54) is 6.07 Å². The summed E-state index contributed by atoms with van der Waals surface area (Å²) in [7, 11) is 0. The van der Waals surface area contributed by atoms with Gasteiger partial charge >= 0.3 is 0 Å². The van der Waals surface area contributed by atoms with Crippen LogP contribution in [0, 0.1) is 0 Å². The average Bonchev–Trinajstić information content (AvgIpc) is 2.16. The highest BCUT2D eigenvalue weighted by Crippen LogP contribution is 2.20. The normalized spacial score (nSPS) is 12.5. The molecular weight excluding hydrogens is 244 g/mol. The van der Waals surface area contributed by atoms with Gasteiger partial charge in [0.25, 0.3) is 0 Å². The number of carbonyl (C=O) groups is 1. The number of aryl methyl sites for hydroxylation is 1. The Morgan fingerprint density at radius 1 is 1.57 bits per heavy atom. The van der Waals surface area contributed by atoms with Crippen LogP contribution in [0.1, 0.15) is 29.8 Å². The van der Waals surface area contributed by atoms with E-state index in [4.69, 9.17) is 0 Å². The molecule has 2 nitrogen and oxygen atoms in total. The first kappa shape index (κ1) is 11.2. The topological polar surface area (TPSA) is 37.3 Å². The number of phenolic OH excluding ortho intramolecular Hbond substituents is 1. The standard InChI is InChI=1S/C11H13BrO2/c1-3-8-4-5-9(13)6-10(8)11(14)7(2)12/h4-7,13H,3H2,1-2H3. The van der Waals surface area contributed by atoms with Gasteiger partial charge in [-0.3, -0.25) is 4.79 Å². The van der Waals surface area contributed by atoms with Gasteiger partial charge in [0.1, 0.15) is 5.75 Å². The van der Waals surface area contributed by atoms with Crippen molar-refractivity contribution < 1.29 is 9.90 Å². The summed E-state index contributed by atoms with van der Waals surface area (Å²) >= 11 is 3.23. The molecule has 0 heterocycles. The summed E-state index contributed by atoms with van der Waals surface area (Å²) in [6.07, 6.45) is 0.793. The van der Waals surface area contributed by atoms with Crippen LogP contribution in [0.15, 0.2) is 18.2 Å². The fraction of sp³-hybridized carbons (Fsp3) is 0.364. The molecule has 3 heteroatoms. The molecule has 1 aromatic rings. The third-order valence-corrected chi connectivity index (χ3v) is 2.52. The molecule has 0 fully saturated rings. The summed E-state index contributed by atoms with van der Waals surface area (Å²) in [5, 5.41) is 9.30. The van der Waals surface area contributed by atoms with E-state index in [-0.39, 0.29) is 16.4 Å². The van der Waals surface area contributed by atoms with E-state index in [1.807, 2.05) is 6.92 Å². The maximum atomic E-state index is 11.7. The number of halogens is 1. The van der Waals surface area contributed by atoms with Crippen LogP contribution in [0.3, 0.4) is 0 Å². The van der Waals surface area contributed by atoms with Crippen molar-refractivity contribution in [3.8, 4) is 5.75 Å². The number of alkyl halides is 1. The van der Waals surface area contributed by atoms with Gasteiger partial charge < -0.3 is 5.11 Å². The summed E-state index contributed by atoms with van der Waals surface area (Å²) in [6, 6.07) is 4.92. The van der Waals surface area contributed by atoms with Crippen molar-refractivity contribution in [1.82, 2.24) is 0 Å². The fourth-order valence-electron chi connectivity index (χ4n) is 1.32. The molecule has 1 rings (SSSR count). The monoisotopic (exact) mass is 256 g/mol. The smallest absolute Gasteiger partial charge is 0.176 e. The van der Waals surface area contributed by atoms with Crippen molar-refractivity contribution in [2.24, 2.45) is 0 Å². The van der Waals surface area contributed by atoms with Crippen LogP contribution in [0.2, 0.25) is 0 Å². The Morgan fingerprint density at radius 3 is 2.71 bits per heavy atom. The second-order valence-corrected chi connectivity index (χ2v) is 4.55. The Bertz CT molecular complexity index is 345. The van der Waals surface area contributed by atoms with E-state index < -0.39 is 0 Å². The third-order valence-electron chi connectivity index (χ3n) is 2.10. The number of phenols is 1. The largest absolute Gasteiger partial charge is 0.508 e. The van der Waals surface area contributed by atoms with Crippen LogP contribution in [0.4, 0.5) is 0 Å². The van der Waals surface area contributed by atoms with Crippen LogP contribution in [0.25, 0.3) is 0 Å². The van der Waals surface area contributed by atoms with Gasteiger partial charge in [-0.25, -0.2) is 0 Å². The number of Topliss-reactive ketones (excluding diaryl/α,β-unsaturated/α-hetero) is 1. The highest BCUT2D eigenvalue weighted by Gasteiger charge is 2.15. The maximum absolute atomic E-state index is 11.7. The molecule has 76 valence electrons. The second kappa shape index (κ2) is 4.60. The molecule has 0 bridgehead atoms. The summed E-state index contributed by atoms with van der Waals surface area (Å²) in [4.78, 5) is 11.5. The zero-order chi connectivity index (χ0) is 10.7. The third kappa shape index (κ3) is 2.35. The SMILES string of the molecule is CCc1ccc(O)cc1C(=O)C(C)Br. The Labute approximate surface area is 92.1 Å². The molecule has 0 saturated carbocycles. The van der Waals surface area contributed by atoms with Crippen LogP contribution in [0.5, 0.6) is 5.75 Å². The molecular formula is C11H13BrO2. The van der Waals surface area contributed by atoms with Crippen molar-refractivity contribution in [1.29, 1.82) is 0 Å². The van der Waals surface area contributed by atoms with Crippen molar-refractivity contribution in [3.05, 3.63) is 29.3 Å². The van der Waals surface area contributed by atoms with Gasteiger partial charge in [0.15, 0.2) is 5.78 Å². The highest BCUT2D eigenvalue weighted by molar-refractivity contribution is 9.10. The minimum Gasteiger partial charge on any atom is -0.508 e. The zero-order valence-electron chi connectivity index (χ0n) is 8.25. The molecule has 0 saturated heterocycles. The Morgan fingerprint density at radius 2 is 2.21 bits per heavy atom. The number of carbonyl (C=O) groups excluding carboxylic acids is 1. The Balaban J connectivity index is 3.17. The van der Waals surface area contributed by atoms with Crippen LogP contribution in [-0.4, -0.2) is 15.7 Å². The lowest BCUT2D eigenvalue weighted by Gasteiger charge is -2.08. The number of aromatic hydroxyl groups is 1. The molecule has 0 aromatic heterocycles. The number of hydrogen-bond acceptors (Lipinski definition) is 2. The fourth-order valence-corrected chi connectivity index (χ4v) is 1.56. The predicted molar refractivity (Wildman–Crippen MR) is 60.2 cm³/mol. The molecule has 1 N–H and O–H groups in total. The molecule has 0 aliphatic carbocycles. The van der Waals surface area contributed by atoms with Gasteiger partial charge in [0.2, 0.25) is 0 Å². The molecule has 0 spiro atoms. The quantitative estimate of drug-likeness (QED) is 0.667. The Hall–Kier alpha value is -0.830. The second-order valence-electron chi connectivity index (χ2n) is 3.18. The van der Waals surface area contributed by atoms with E-state index in [1.54, 1.807) is 19.1 Å². The molecule has 1 unspecified atom stereocenters. The van der Waals surface area contributed by atoms with Crippen LogP contribution in [-0.2, 0) is 6.42 Å².